The standard InChI is InChI=1S/C15H18N4O3/c1-15(10-16-8-7-12-5-3-2-4-6-12)11-18-9-13(19(20)21)17-14(18)22-15/h2-6,9,16H,7-8,10-11H2,1H3/t15-/m0/s1. The van der Waals surface area contributed by atoms with Gasteiger partial charge in [0.05, 0.1) is 6.54 Å². The summed E-state index contributed by atoms with van der Waals surface area (Å²) in [5.41, 5.74) is 0.866. The lowest BCUT2D eigenvalue weighted by Gasteiger charge is -2.22. The van der Waals surface area contributed by atoms with Gasteiger partial charge in [-0.3, -0.25) is 4.57 Å². The molecule has 116 valence electrons. The number of hydrogen-bond acceptors (Lipinski definition) is 5. The third-order valence-electron chi connectivity index (χ3n) is 3.69. The van der Waals surface area contributed by atoms with E-state index in [2.05, 4.69) is 22.4 Å². The quantitative estimate of drug-likeness (QED) is 0.499. The van der Waals surface area contributed by atoms with Gasteiger partial charge in [-0.25, -0.2) is 0 Å². The van der Waals surface area contributed by atoms with Crippen molar-refractivity contribution in [1.82, 2.24) is 14.9 Å². The highest BCUT2D eigenvalue weighted by Crippen LogP contribution is 2.30. The van der Waals surface area contributed by atoms with Crippen molar-refractivity contribution >= 4 is 5.82 Å². The molecule has 2 heterocycles. The Balaban J connectivity index is 1.49. The summed E-state index contributed by atoms with van der Waals surface area (Å²) in [5, 5.41) is 14.1. The predicted octanol–water partition coefficient (Wildman–Crippen LogP) is 1.77. The van der Waals surface area contributed by atoms with E-state index < -0.39 is 10.5 Å². The minimum atomic E-state index is -0.510. The van der Waals surface area contributed by atoms with Crippen LogP contribution in [0.15, 0.2) is 36.5 Å². The molecule has 1 aromatic carbocycles. The van der Waals surface area contributed by atoms with Gasteiger partial charge in [0.25, 0.3) is 0 Å². The number of imidazole rings is 1. The molecule has 0 bridgehead atoms. The number of ether oxygens (including phenoxy) is 1. The lowest BCUT2D eigenvalue weighted by Crippen LogP contribution is -2.43. The van der Waals surface area contributed by atoms with Crippen LogP contribution in [0.1, 0.15) is 12.5 Å². The summed E-state index contributed by atoms with van der Waals surface area (Å²) in [7, 11) is 0. The second kappa shape index (κ2) is 5.76. The van der Waals surface area contributed by atoms with E-state index in [0.717, 1.165) is 13.0 Å². The van der Waals surface area contributed by atoms with Crippen molar-refractivity contribution in [3.05, 3.63) is 52.2 Å². The average molecular weight is 302 g/mol. The van der Waals surface area contributed by atoms with Crippen molar-refractivity contribution in [1.29, 1.82) is 0 Å². The number of nitrogens with one attached hydrogen (secondary N) is 1. The van der Waals surface area contributed by atoms with Gasteiger partial charge >= 0.3 is 11.8 Å². The second-order valence-corrected chi connectivity index (χ2v) is 5.73. The van der Waals surface area contributed by atoms with E-state index in [4.69, 9.17) is 4.74 Å². The van der Waals surface area contributed by atoms with Crippen molar-refractivity contribution in [2.45, 2.75) is 25.5 Å². The van der Waals surface area contributed by atoms with Gasteiger partial charge in [0.1, 0.15) is 11.8 Å². The number of nitro groups is 1. The molecule has 1 aliphatic heterocycles. The van der Waals surface area contributed by atoms with E-state index in [1.165, 1.54) is 11.8 Å². The monoisotopic (exact) mass is 302 g/mol. The number of nitrogens with zero attached hydrogens (tertiary/aromatic N) is 3. The molecule has 1 atom stereocenters. The molecule has 0 aliphatic carbocycles. The minimum absolute atomic E-state index is 0.172. The van der Waals surface area contributed by atoms with Gasteiger partial charge in [0.15, 0.2) is 0 Å². The molecule has 0 amide bonds. The van der Waals surface area contributed by atoms with Crippen LogP contribution in [-0.4, -0.2) is 33.2 Å². The summed E-state index contributed by atoms with van der Waals surface area (Å²) in [6.45, 7) is 4.05. The first-order chi connectivity index (χ1) is 10.6. The molecular weight excluding hydrogens is 284 g/mol. The molecule has 7 nitrogen and oxygen atoms in total. The van der Waals surface area contributed by atoms with E-state index in [1.807, 2.05) is 25.1 Å². The molecule has 0 fully saturated rings. The van der Waals surface area contributed by atoms with E-state index in [9.17, 15) is 10.1 Å². The Kier molecular flexibility index (Phi) is 3.81. The molecule has 0 unspecified atom stereocenters. The predicted molar refractivity (Wildman–Crippen MR) is 80.9 cm³/mol. The molecule has 7 heteroatoms. The first-order valence-corrected chi connectivity index (χ1v) is 7.21. The minimum Gasteiger partial charge on any atom is -0.436 e. The largest absolute Gasteiger partial charge is 0.436 e. The zero-order valence-electron chi connectivity index (χ0n) is 12.4. The SMILES string of the molecule is C[C@]1(CNCCc2ccccc2)Cn2cc([N+](=O)[O-])nc2O1. The van der Waals surface area contributed by atoms with Gasteiger partial charge in [0, 0.05) is 11.5 Å². The molecule has 0 saturated heterocycles. The number of fused-ring (bicyclic) bond motifs is 1. The average Bonchev–Trinajstić information content (AvgIpc) is 3.00. The summed E-state index contributed by atoms with van der Waals surface area (Å²) < 4.78 is 7.45. The molecule has 3 rings (SSSR count). The highest BCUT2D eigenvalue weighted by molar-refractivity contribution is 5.23. The molecule has 0 spiro atoms. The van der Waals surface area contributed by atoms with E-state index >= 15 is 0 Å². The molecule has 1 aromatic heterocycles. The fourth-order valence-electron chi connectivity index (χ4n) is 2.60. The van der Waals surface area contributed by atoms with Crippen molar-refractivity contribution in [2.75, 3.05) is 13.1 Å². The van der Waals surface area contributed by atoms with E-state index in [0.29, 0.717) is 19.1 Å². The smallest absolute Gasteiger partial charge is 0.415 e. The zero-order valence-corrected chi connectivity index (χ0v) is 12.4. The van der Waals surface area contributed by atoms with Gasteiger partial charge in [-0.2, -0.15) is 0 Å². The van der Waals surface area contributed by atoms with Gasteiger partial charge < -0.3 is 20.2 Å². The molecular formula is C15H18N4O3. The number of hydrogen-bond donors (Lipinski definition) is 1. The Bertz CT molecular complexity index is 645. The maximum absolute atomic E-state index is 10.7. The van der Waals surface area contributed by atoms with E-state index in [1.54, 1.807) is 4.57 Å². The van der Waals surface area contributed by atoms with Gasteiger partial charge in [-0.1, -0.05) is 30.3 Å². The Hall–Kier alpha value is -2.41. The summed E-state index contributed by atoms with van der Waals surface area (Å²) >= 11 is 0. The topological polar surface area (TPSA) is 82.2 Å². The first-order valence-electron chi connectivity index (χ1n) is 7.21. The Morgan fingerprint density at radius 3 is 2.91 bits per heavy atom. The van der Waals surface area contributed by atoms with Crippen LogP contribution in [-0.2, 0) is 13.0 Å². The van der Waals surface area contributed by atoms with Crippen molar-refractivity contribution in [3.8, 4) is 6.01 Å². The molecule has 22 heavy (non-hydrogen) atoms. The van der Waals surface area contributed by atoms with E-state index in [-0.39, 0.29) is 5.82 Å². The van der Waals surface area contributed by atoms with Crippen molar-refractivity contribution in [2.24, 2.45) is 0 Å². The van der Waals surface area contributed by atoms with Crippen LogP contribution in [0, 0.1) is 10.1 Å². The summed E-state index contributed by atoms with van der Waals surface area (Å²) in [5.74, 6) is -0.172. The maximum atomic E-state index is 10.7. The number of aromatic nitrogens is 2. The van der Waals surface area contributed by atoms with Crippen LogP contribution >= 0.6 is 0 Å². The van der Waals surface area contributed by atoms with Crippen molar-refractivity contribution in [3.63, 3.8) is 0 Å². The summed E-state index contributed by atoms with van der Waals surface area (Å²) in [4.78, 5) is 14.0. The van der Waals surface area contributed by atoms with Crippen LogP contribution in [0.2, 0.25) is 0 Å². The van der Waals surface area contributed by atoms with Crippen LogP contribution in [0.3, 0.4) is 0 Å². The fourth-order valence-corrected chi connectivity index (χ4v) is 2.60. The maximum Gasteiger partial charge on any atom is 0.415 e. The molecule has 0 radical (unpaired) electrons. The third kappa shape index (κ3) is 3.09. The molecule has 0 saturated carbocycles. The fraction of sp³-hybridized carbons (Fsp3) is 0.400. The molecule has 1 N–H and O–H groups in total. The molecule has 2 aromatic rings. The Labute approximate surface area is 128 Å². The summed E-state index contributed by atoms with van der Waals surface area (Å²) in [6.07, 6.45) is 2.37. The lowest BCUT2D eigenvalue weighted by atomic mass is 10.1. The highest BCUT2D eigenvalue weighted by atomic mass is 16.6. The Morgan fingerprint density at radius 2 is 2.23 bits per heavy atom. The van der Waals surface area contributed by atoms with Crippen LogP contribution in [0.25, 0.3) is 0 Å². The van der Waals surface area contributed by atoms with Gasteiger partial charge in [-0.05, 0) is 30.4 Å². The van der Waals surface area contributed by atoms with Crippen LogP contribution in [0.5, 0.6) is 6.01 Å². The lowest BCUT2D eigenvalue weighted by molar-refractivity contribution is -0.389. The van der Waals surface area contributed by atoms with Gasteiger partial charge in [0.2, 0.25) is 0 Å². The third-order valence-corrected chi connectivity index (χ3v) is 3.69. The van der Waals surface area contributed by atoms with Crippen LogP contribution < -0.4 is 10.1 Å². The van der Waals surface area contributed by atoms with Crippen LogP contribution in [0.4, 0.5) is 5.82 Å². The first kappa shape index (κ1) is 14.5. The Morgan fingerprint density at radius 1 is 1.45 bits per heavy atom. The molecule has 1 aliphatic rings. The highest BCUT2D eigenvalue weighted by Gasteiger charge is 2.39. The number of benzene rings is 1. The van der Waals surface area contributed by atoms with Gasteiger partial charge in [-0.15, -0.1) is 0 Å². The second-order valence-electron chi connectivity index (χ2n) is 5.73. The normalized spacial score (nSPS) is 19.7. The number of rotatable bonds is 6. The zero-order chi connectivity index (χ0) is 15.6. The van der Waals surface area contributed by atoms with Crippen molar-refractivity contribution < 1.29 is 9.66 Å². The summed E-state index contributed by atoms with van der Waals surface area (Å²) in [6, 6.07) is 10.6.